The van der Waals surface area contributed by atoms with Gasteiger partial charge >= 0.3 is 0 Å². The average molecular weight is 288 g/mol. The number of nitro benzene ring substituents is 1. The number of benzene rings is 1. The minimum absolute atomic E-state index is 0.00292. The Hall–Kier alpha value is -1.75. The van der Waals surface area contributed by atoms with E-state index in [-0.39, 0.29) is 17.5 Å². The molecule has 1 saturated carbocycles. The molecule has 3 rings (SSSR count). The van der Waals surface area contributed by atoms with Gasteiger partial charge in [0.15, 0.2) is 5.78 Å². The van der Waals surface area contributed by atoms with Crippen molar-refractivity contribution in [3.05, 3.63) is 39.4 Å². The second-order valence-corrected chi connectivity index (χ2v) is 6.26. The molecule has 2 aliphatic rings. The number of hydrogen-bond acceptors (Lipinski definition) is 4. The van der Waals surface area contributed by atoms with Crippen LogP contribution >= 0.6 is 0 Å². The van der Waals surface area contributed by atoms with Crippen molar-refractivity contribution in [2.24, 2.45) is 11.8 Å². The normalized spacial score (nSPS) is 27.6. The van der Waals surface area contributed by atoms with E-state index in [0.29, 0.717) is 23.5 Å². The van der Waals surface area contributed by atoms with Gasteiger partial charge in [0.05, 0.1) is 4.92 Å². The molecule has 1 aliphatic heterocycles. The van der Waals surface area contributed by atoms with E-state index in [4.69, 9.17) is 0 Å². The molecule has 0 bridgehead atoms. The van der Waals surface area contributed by atoms with Crippen LogP contribution in [0.4, 0.5) is 5.69 Å². The lowest BCUT2D eigenvalue weighted by molar-refractivity contribution is -0.385. The van der Waals surface area contributed by atoms with Crippen molar-refractivity contribution in [3.63, 3.8) is 0 Å². The first-order valence-corrected chi connectivity index (χ1v) is 7.58. The van der Waals surface area contributed by atoms with Gasteiger partial charge in [-0.3, -0.25) is 14.9 Å². The first kappa shape index (κ1) is 14.2. The maximum absolute atomic E-state index is 12.4. The summed E-state index contributed by atoms with van der Waals surface area (Å²) >= 11 is 0. The highest BCUT2D eigenvalue weighted by molar-refractivity contribution is 5.97. The van der Waals surface area contributed by atoms with Crippen LogP contribution < -0.4 is 5.32 Å². The van der Waals surface area contributed by atoms with Crippen molar-refractivity contribution in [1.29, 1.82) is 0 Å². The number of Topliss-reactive ketones (excluding diaryl/α,β-unsaturated/α-hetero) is 1. The van der Waals surface area contributed by atoms with Gasteiger partial charge in [-0.2, -0.15) is 0 Å². The minimum Gasteiger partial charge on any atom is -0.313 e. The monoisotopic (exact) mass is 288 g/mol. The minimum atomic E-state index is -0.424. The molecule has 1 N–H and O–H groups in total. The van der Waals surface area contributed by atoms with Gasteiger partial charge in [-0.1, -0.05) is 18.6 Å². The second kappa shape index (κ2) is 5.56. The molecule has 2 fully saturated rings. The van der Waals surface area contributed by atoms with E-state index in [1.165, 1.54) is 25.3 Å². The molecule has 112 valence electrons. The predicted molar refractivity (Wildman–Crippen MR) is 79.4 cm³/mol. The van der Waals surface area contributed by atoms with Gasteiger partial charge < -0.3 is 5.32 Å². The summed E-state index contributed by atoms with van der Waals surface area (Å²) in [7, 11) is 0. The number of nitrogens with zero attached hydrogens (tertiary/aromatic N) is 1. The Morgan fingerprint density at radius 3 is 3.00 bits per heavy atom. The molecule has 1 aromatic carbocycles. The number of carbonyl (C=O) groups is 1. The molecule has 0 spiro atoms. The van der Waals surface area contributed by atoms with E-state index in [1.807, 2.05) is 0 Å². The molecule has 1 aromatic rings. The number of fused-ring (bicyclic) bond motifs is 1. The van der Waals surface area contributed by atoms with E-state index in [1.54, 1.807) is 19.1 Å². The Labute approximate surface area is 123 Å². The van der Waals surface area contributed by atoms with Gasteiger partial charge in [-0.25, -0.2) is 0 Å². The van der Waals surface area contributed by atoms with Gasteiger partial charge in [0, 0.05) is 29.7 Å². The number of ketones is 1. The summed E-state index contributed by atoms with van der Waals surface area (Å²) in [5, 5.41) is 14.4. The first-order valence-electron chi connectivity index (χ1n) is 7.58. The number of aryl methyl sites for hydroxylation is 1. The molecule has 5 nitrogen and oxygen atoms in total. The summed E-state index contributed by atoms with van der Waals surface area (Å²) in [6, 6.07) is 5.02. The van der Waals surface area contributed by atoms with E-state index in [9.17, 15) is 14.9 Å². The maximum atomic E-state index is 12.4. The van der Waals surface area contributed by atoms with Gasteiger partial charge in [0.1, 0.15) is 0 Å². The van der Waals surface area contributed by atoms with Crippen LogP contribution in [0.15, 0.2) is 18.2 Å². The van der Waals surface area contributed by atoms with Crippen LogP contribution in [-0.2, 0) is 0 Å². The number of hydrogen-bond donors (Lipinski definition) is 1. The van der Waals surface area contributed by atoms with Gasteiger partial charge in [-0.15, -0.1) is 0 Å². The number of nitrogens with one attached hydrogen (secondary N) is 1. The van der Waals surface area contributed by atoms with Crippen LogP contribution in [0.1, 0.15) is 41.6 Å². The van der Waals surface area contributed by atoms with E-state index < -0.39 is 4.92 Å². The van der Waals surface area contributed by atoms with Crippen LogP contribution in [0.3, 0.4) is 0 Å². The topological polar surface area (TPSA) is 72.2 Å². The smallest absolute Gasteiger partial charge is 0.273 e. The van der Waals surface area contributed by atoms with Crippen molar-refractivity contribution in [2.75, 3.05) is 6.54 Å². The zero-order valence-electron chi connectivity index (χ0n) is 12.2. The third-order valence-corrected chi connectivity index (χ3v) is 5.01. The van der Waals surface area contributed by atoms with Gasteiger partial charge in [-0.05, 0) is 38.1 Å². The molecule has 0 amide bonds. The van der Waals surface area contributed by atoms with E-state index >= 15 is 0 Å². The van der Waals surface area contributed by atoms with Crippen molar-refractivity contribution >= 4 is 11.5 Å². The zero-order chi connectivity index (χ0) is 15.0. The predicted octanol–water partition coefficient (Wildman–Crippen LogP) is 2.86. The Kier molecular flexibility index (Phi) is 3.76. The first-order chi connectivity index (χ1) is 10.1. The second-order valence-electron chi connectivity index (χ2n) is 6.26. The quantitative estimate of drug-likeness (QED) is 0.525. The van der Waals surface area contributed by atoms with Gasteiger partial charge in [0.25, 0.3) is 5.69 Å². The van der Waals surface area contributed by atoms with Crippen LogP contribution in [0, 0.1) is 28.9 Å². The summed E-state index contributed by atoms with van der Waals surface area (Å²) in [5.74, 6) is 1.33. The van der Waals surface area contributed by atoms with Crippen LogP contribution in [0.5, 0.6) is 0 Å². The van der Waals surface area contributed by atoms with Crippen LogP contribution in [-0.4, -0.2) is 23.3 Å². The molecule has 0 radical (unpaired) electrons. The summed E-state index contributed by atoms with van der Waals surface area (Å²) in [5.41, 5.74) is 1.07. The van der Waals surface area contributed by atoms with Gasteiger partial charge in [0.2, 0.25) is 0 Å². The molecule has 1 saturated heterocycles. The lowest BCUT2D eigenvalue weighted by Crippen LogP contribution is -2.29. The molecule has 21 heavy (non-hydrogen) atoms. The van der Waals surface area contributed by atoms with E-state index in [2.05, 4.69) is 5.32 Å². The molecule has 3 unspecified atom stereocenters. The molecular weight excluding hydrogens is 268 g/mol. The third kappa shape index (κ3) is 2.70. The molecule has 3 atom stereocenters. The number of carbonyl (C=O) groups excluding carboxylic acids is 1. The Balaban J connectivity index is 1.74. The number of rotatable bonds is 4. The fourth-order valence-electron chi connectivity index (χ4n) is 3.82. The maximum Gasteiger partial charge on any atom is 0.273 e. The fourth-order valence-corrected chi connectivity index (χ4v) is 3.82. The van der Waals surface area contributed by atoms with Crippen molar-refractivity contribution < 1.29 is 9.72 Å². The fraction of sp³-hybridized carbons (Fsp3) is 0.562. The van der Waals surface area contributed by atoms with E-state index in [0.717, 1.165) is 12.5 Å². The molecule has 5 heteroatoms. The van der Waals surface area contributed by atoms with Crippen LogP contribution in [0.2, 0.25) is 0 Å². The highest BCUT2D eigenvalue weighted by atomic mass is 16.6. The summed E-state index contributed by atoms with van der Waals surface area (Å²) in [6.45, 7) is 2.70. The van der Waals surface area contributed by atoms with Crippen molar-refractivity contribution in [1.82, 2.24) is 5.32 Å². The lowest BCUT2D eigenvalue weighted by Gasteiger charge is -2.17. The number of nitro groups is 1. The standard InChI is InChI=1S/C16H20N2O3/c1-10-5-6-11(7-15(10)18(20)21)16(19)8-14-13-4-2-3-12(13)9-17-14/h5-7,12-14,17H,2-4,8-9H2,1H3. The zero-order valence-corrected chi connectivity index (χ0v) is 12.2. The molecule has 1 heterocycles. The molecular formula is C16H20N2O3. The summed E-state index contributed by atoms with van der Waals surface area (Å²) in [4.78, 5) is 23.0. The van der Waals surface area contributed by atoms with Crippen molar-refractivity contribution in [2.45, 2.75) is 38.6 Å². The van der Waals surface area contributed by atoms with Crippen LogP contribution in [0.25, 0.3) is 0 Å². The summed E-state index contributed by atoms with van der Waals surface area (Å²) < 4.78 is 0. The third-order valence-electron chi connectivity index (χ3n) is 5.01. The average Bonchev–Trinajstić information content (AvgIpc) is 3.04. The Bertz CT molecular complexity index is 585. The highest BCUT2D eigenvalue weighted by Crippen LogP contribution is 2.39. The van der Waals surface area contributed by atoms with Crippen molar-refractivity contribution in [3.8, 4) is 0 Å². The molecule has 0 aromatic heterocycles. The highest BCUT2D eigenvalue weighted by Gasteiger charge is 2.39. The Morgan fingerprint density at radius 2 is 2.24 bits per heavy atom. The lowest BCUT2D eigenvalue weighted by atomic mass is 9.90. The Morgan fingerprint density at radius 1 is 1.43 bits per heavy atom. The molecule has 1 aliphatic carbocycles. The largest absolute Gasteiger partial charge is 0.313 e. The SMILES string of the molecule is Cc1ccc(C(=O)CC2NCC3CCCC32)cc1[N+](=O)[O-]. The summed E-state index contributed by atoms with van der Waals surface area (Å²) in [6.07, 6.45) is 4.17.